The van der Waals surface area contributed by atoms with E-state index in [1.165, 1.54) is 11.0 Å². The van der Waals surface area contributed by atoms with Gasteiger partial charge in [-0.05, 0) is 44.4 Å². The maximum atomic E-state index is 12.5. The van der Waals surface area contributed by atoms with Gasteiger partial charge in [-0.1, -0.05) is 0 Å². The van der Waals surface area contributed by atoms with Gasteiger partial charge >= 0.3 is 11.6 Å². The third-order valence-corrected chi connectivity index (χ3v) is 4.34. The summed E-state index contributed by atoms with van der Waals surface area (Å²) in [7, 11) is 0. The van der Waals surface area contributed by atoms with Crippen LogP contribution >= 0.6 is 0 Å². The van der Waals surface area contributed by atoms with Gasteiger partial charge in [0.05, 0.1) is 6.61 Å². The topological polar surface area (TPSA) is 86.0 Å². The fourth-order valence-corrected chi connectivity index (χ4v) is 3.07. The third-order valence-electron chi connectivity index (χ3n) is 4.34. The van der Waals surface area contributed by atoms with Gasteiger partial charge in [0.2, 0.25) is 0 Å². The lowest BCUT2D eigenvalue weighted by atomic mass is 10.0. The first-order valence-electron chi connectivity index (χ1n) is 8.71. The SMILES string of the molecule is CCOC(=O)C1CCCCN1C(=O)COc1ccc2ccc(=O)oc2c1. The molecule has 26 heavy (non-hydrogen) atoms. The number of piperidine rings is 1. The van der Waals surface area contributed by atoms with Gasteiger partial charge in [-0.3, -0.25) is 4.79 Å². The zero-order valence-corrected chi connectivity index (χ0v) is 14.6. The van der Waals surface area contributed by atoms with Crippen molar-refractivity contribution in [3.63, 3.8) is 0 Å². The molecule has 2 aromatic rings. The van der Waals surface area contributed by atoms with Crippen molar-refractivity contribution in [3.05, 3.63) is 40.8 Å². The Kier molecular flexibility index (Phi) is 5.55. The molecule has 1 aromatic heterocycles. The fourth-order valence-electron chi connectivity index (χ4n) is 3.07. The molecule has 0 radical (unpaired) electrons. The number of fused-ring (bicyclic) bond motifs is 1. The average Bonchev–Trinajstić information content (AvgIpc) is 2.66. The van der Waals surface area contributed by atoms with Crippen molar-refractivity contribution in [2.75, 3.05) is 19.8 Å². The summed E-state index contributed by atoms with van der Waals surface area (Å²) in [5.41, 5.74) is -0.0545. The molecular weight excluding hydrogens is 338 g/mol. The molecule has 1 aliphatic heterocycles. The highest BCUT2D eigenvalue weighted by molar-refractivity contribution is 5.85. The summed E-state index contributed by atoms with van der Waals surface area (Å²) in [6.07, 6.45) is 2.34. The Balaban J connectivity index is 1.67. The molecule has 0 spiro atoms. The van der Waals surface area contributed by atoms with Gasteiger partial charge in [0, 0.05) is 24.1 Å². The summed E-state index contributed by atoms with van der Waals surface area (Å²) in [6, 6.07) is 7.49. The second-order valence-corrected chi connectivity index (χ2v) is 6.09. The Bertz CT molecular complexity index is 858. The van der Waals surface area contributed by atoms with Crippen LogP contribution in [0.25, 0.3) is 11.0 Å². The van der Waals surface area contributed by atoms with E-state index in [-0.39, 0.29) is 25.1 Å². The Morgan fingerprint density at radius 3 is 2.85 bits per heavy atom. The largest absolute Gasteiger partial charge is 0.484 e. The lowest BCUT2D eigenvalue weighted by Gasteiger charge is -2.33. The van der Waals surface area contributed by atoms with E-state index >= 15 is 0 Å². The molecule has 1 saturated heterocycles. The van der Waals surface area contributed by atoms with Crippen LogP contribution < -0.4 is 10.4 Å². The quantitative estimate of drug-likeness (QED) is 0.600. The highest BCUT2D eigenvalue weighted by atomic mass is 16.5. The minimum atomic E-state index is -0.547. The monoisotopic (exact) mass is 359 g/mol. The maximum absolute atomic E-state index is 12.5. The molecule has 0 saturated carbocycles. The first kappa shape index (κ1) is 18.0. The number of likely N-dealkylation sites (tertiary alicyclic amines) is 1. The van der Waals surface area contributed by atoms with E-state index < -0.39 is 11.7 Å². The summed E-state index contributed by atoms with van der Waals surface area (Å²) < 4.78 is 15.7. The lowest BCUT2D eigenvalue weighted by Crippen LogP contribution is -2.50. The Morgan fingerprint density at radius 2 is 2.04 bits per heavy atom. The van der Waals surface area contributed by atoms with Crippen LogP contribution in [0.4, 0.5) is 0 Å². The van der Waals surface area contributed by atoms with E-state index in [1.807, 2.05) is 0 Å². The van der Waals surface area contributed by atoms with E-state index in [9.17, 15) is 14.4 Å². The number of esters is 1. The van der Waals surface area contributed by atoms with Crippen LogP contribution in [0.5, 0.6) is 5.75 Å². The highest BCUT2D eigenvalue weighted by Crippen LogP contribution is 2.21. The van der Waals surface area contributed by atoms with Crippen molar-refractivity contribution < 1.29 is 23.5 Å². The minimum Gasteiger partial charge on any atom is -0.484 e. The number of rotatable bonds is 5. The van der Waals surface area contributed by atoms with Crippen LogP contribution in [0.1, 0.15) is 26.2 Å². The average molecular weight is 359 g/mol. The first-order chi connectivity index (χ1) is 12.6. The van der Waals surface area contributed by atoms with Crippen LogP contribution in [0.2, 0.25) is 0 Å². The molecule has 0 N–H and O–H groups in total. The molecular formula is C19H21NO6. The van der Waals surface area contributed by atoms with Crippen LogP contribution in [-0.4, -0.2) is 42.6 Å². The zero-order valence-electron chi connectivity index (χ0n) is 14.6. The lowest BCUT2D eigenvalue weighted by molar-refractivity contribution is -0.157. The molecule has 7 heteroatoms. The van der Waals surface area contributed by atoms with E-state index in [2.05, 4.69) is 0 Å². The smallest absolute Gasteiger partial charge is 0.336 e. The molecule has 7 nitrogen and oxygen atoms in total. The summed E-state index contributed by atoms with van der Waals surface area (Å²) in [6.45, 7) is 2.35. The standard InChI is InChI=1S/C19H21NO6/c1-2-24-19(23)15-5-3-4-10-20(15)17(21)12-25-14-8-6-13-7-9-18(22)26-16(13)11-14/h6-9,11,15H,2-5,10,12H2,1H3. The van der Waals surface area contributed by atoms with Gasteiger partial charge in [0.25, 0.3) is 5.91 Å². The van der Waals surface area contributed by atoms with Crippen molar-refractivity contribution in [2.24, 2.45) is 0 Å². The number of carbonyl (C=O) groups excluding carboxylic acids is 2. The van der Waals surface area contributed by atoms with Gasteiger partial charge in [-0.15, -0.1) is 0 Å². The van der Waals surface area contributed by atoms with E-state index in [0.717, 1.165) is 18.2 Å². The fraction of sp³-hybridized carbons (Fsp3) is 0.421. The number of hydrogen-bond donors (Lipinski definition) is 0. The Morgan fingerprint density at radius 1 is 1.23 bits per heavy atom. The van der Waals surface area contributed by atoms with Crippen molar-refractivity contribution in [1.82, 2.24) is 4.90 Å². The van der Waals surface area contributed by atoms with Crippen LogP contribution in [0.3, 0.4) is 0 Å². The Labute approximate surface area is 150 Å². The number of nitrogens with zero attached hydrogens (tertiary/aromatic N) is 1. The predicted octanol–water partition coefficient (Wildman–Crippen LogP) is 2.12. The number of hydrogen-bond acceptors (Lipinski definition) is 6. The first-order valence-corrected chi connectivity index (χ1v) is 8.71. The van der Waals surface area contributed by atoms with Crippen molar-refractivity contribution >= 4 is 22.8 Å². The molecule has 138 valence electrons. The van der Waals surface area contributed by atoms with Crippen LogP contribution in [0.15, 0.2) is 39.5 Å². The zero-order chi connectivity index (χ0) is 18.5. The molecule has 2 heterocycles. The van der Waals surface area contributed by atoms with E-state index in [1.54, 1.807) is 31.2 Å². The summed E-state index contributed by atoms with van der Waals surface area (Å²) in [5, 5.41) is 0.765. The molecule has 1 aromatic carbocycles. The van der Waals surface area contributed by atoms with Crippen molar-refractivity contribution in [1.29, 1.82) is 0 Å². The van der Waals surface area contributed by atoms with E-state index in [0.29, 0.717) is 24.3 Å². The van der Waals surface area contributed by atoms with E-state index in [4.69, 9.17) is 13.9 Å². The normalized spacial score (nSPS) is 17.1. The third kappa shape index (κ3) is 4.04. The molecule has 1 amide bonds. The number of benzene rings is 1. The van der Waals surface area contributed by atoms with Crippen LogP contribution in [-0.2, 0) is 14.3 Å². The predicted molar refractivity (Wildman–Crippen MR) is 94.0 cm³/mol. The summed E-state index contributed by atoms with van der Waals surface area (Å²) >= 11 is 0. The molecule has 3 rings (SSSR count). The number of amides is 1. The highest BCUT2D eigenvalue weighted by Gasteiger charge is 2.33. The van der Waals surface area contributed by atoms with Crippen molar-refractivity contribution in [3.8, 4) is 5.75 Å². The van der Waals surface area contributed by atoms with Gasteiger partial charge in [-0.2, -0.15) is 0 Å². The minimum absolute atomic E-state index is 0.196. The maximum Gasteiger partial charge on any atom is 0.336 e. The second-order valence-electron chi connectivity index (χ2n) is 6.09. The van der Waals surface area contributed by atoms with Gasteiger partial charge in [0.15, 0.2) is 6.61 Å². The molecule has 1 aliphatic rings. The molecule has 0 bridgehead atoms. The van der Waals surface area contributed by atoms with Gasteiger partial charge in [-0.25, -0.2) is 9.59 Å². The van der Waals surface area contributed by atoms with Gasteiger partial charge in [0.1, 0.15) is 17.4 Å². The molecule has 1 atom stereocenters. The van der Waals surface area contributed by atoms with Crippen molar-refractivity contribution in [2.45, 2.75) is 32.2 Å². The van der Waals surface area contributed by atoms with Gasteiger partial charge < -0.3 is 18.8 Å². The van der Waals surface area contributed by atoms with Crippen LogP contribution in [0, 0.1) is 0 Å². The summed E-state index contributed by atoms with van der Waals surface area (Å²) in [4.78, 5) is 37.4. The molecule has 1 unspecified atom stereocenters. The molecule has 1 fully saturated rings. The number of ether oxygens (including phenoxy) is 2. The molecule has 0 aliphatic carbocycles. The summed E-state index contributed by atoms with van der Waals surface area (Å²) in [5.74, 6) is -0.213. The number of carbonyl (C=O) groups is 2. The second kappa shape index (κ2) is 8.03. The Hall–Kier alpha value is -2.83.